The monoisotopic (exact) mass is 393 g/mol. The van der Waals surface area contributed by atoms with Crippen LogP contribution in [0.4, 0.5) is 0 Å². The van der Waals surface area contributed by atoms with Crippen molar-refractivity contribution in [3.63, 3.8) is 0 Å². The van der Waals surface area contributed by atoms with Gasteiger partial charge in [-0.2, -0.15) is 5.26 Å². The third-order valence-corrected chi connectivity index (χ3v) is 4.31. The average Bonchev–Trinajstić information content (AvgIpc) is 2.43. The fourth-order valence-electron chi connectivity index (χ4n) is 1.42. The summed E-state index contributed by atoms with van der Waals surface area (Å²) < 4.78 is 2.07. The Morgan fingerprint density at radius 3 is 2.00 bits per heavy atom. The molecule has 1 nitrogen and oxygen atoms in total. The average molecular weight is 395 g/mol. The zero-order chi connectivity index (χ0) is 13.7. The van der Waals surface area contributed by atoms with Gasteiger partial charge in [-0.05, 0) is 48.0 Å². The minimum absolute atomic E-state index is 0.671. The molecule has 0 aliphatic rings. The van der Waals surface area contributed by atoms with Gasteiger partial charge in [-0.15, -0.1) is 0 Å². The summed E-state index contributed by atoms with van der Waals surface area (Å²) in [6.45, 7) is 0. The quantitative estimate of drug-likeness (QED) is 0.480. The van der Waals surface area contributed by atoms with Crippen molar-refractivity contribution in [2.24, 2.45) is 0 Å². The second-order valence-electron chi connectivity index (χ2n) is 3.73. The summed E-state index contributed by atoms with van der Waals surface area (Å²) in [5.74, 6) is 0. The Hall–Kier alpha value is -1.02. The van der Waals surface area contributed by atoms with Crippen molar-refractivity contribution in [3.8, 4) is 6.07 Å². The van der Waals surface area contributed by atoms with E-state index in [1.54, 1.807) is 0 Å². The third-order valence-electron chi connectivity index (χ3n) is 2.32. The molecule has 0 heterocycles. The lowest BCUT2D eigenvalue weighted by Crippen LogP contribution is -1.77. The maximum Gasteiger partial charge on any atom is 0.106 e. The van der Waals surface area contributed by atoms with E-state index in [9.17, 15) is 5.26 Å². The molecule has 19 heavy (non-hydrogen) atoms. The number of hydrogen-bond donors (Lipinski definition) is 0. The molecule has 0 aliphatic carbocycles. The molecule has 94 valence electrons. The molecular weight excluding hydrogens is 386 g/mol. The molecule has 0 saturated heterocycles. The van der Waals surface area contributed by atoms with E-state index in [1.807, 2.05) is 54.6 Å². The van der Waals surface area contributed by atoms with Crippen molar-refractivity contribution in [1.82, 2.24) is 0 Å². The molecular formula is C15H9Br2NS. The van der Waals surface area contributed by atoms with Crippen LogP contribution in [0.1, 0.15) is 5.56 Å². The Morgan fingerprint density at radius 1 is 0.947 bits per heavy atom. The molecule has 0 aromatic heterocycles. The zero-order valence-electron chi connectivity index (χ0n) is 9.81. The van der Waals surface area contributed by atoms with Gasteiger partial charge in [-0.3, -0.25) is 0 Å². The molecule has 0 unspecified atom stereocenters. The Morgan fingerprint density at radius 2 is 1.47 bits per heavy atom. The lowest BCUT2D eigenvalue weighted by atomic mass is 10.2. The van der Waals surface area contributed by atoms with Gasteiger partial charge in [-0.25, -0.2) is 0 Å². The summed E-state index contributed by atoms with van der Waals surface area (Å²) in [5.41, 5.74) is 1.02. The fourth-order valence-corrected chi connectivity index (χ4v) is 2.72. The Labute approximate surface area is 133 Å². The van der Waals surface area contributed by atoms with E-state index in [0.717, 1.165) is 19.4 Å². The van der Waals surface area contributed by atoms with E-state index < -0.39 is 0 Å². The predicted molar refractivity (Wildman–Crippen MR) is 87.7 cm³/mol. The normalized spacial score (nSPS) is 11.1. The van der Waals surface area contributed by atoms with Crippen molar-refractivity contribution < 1.29 is 0 Å². The molecule has 0 amide bonds. The number of benzene rings is 2. The van der Waals surface area contributed by atoms with Crippen LogP contribution >= 0.6 is 43.6 Å². The van der Waals surface area contributed by atoms with Gasteiger partial charge in [0.05, 0.1) is 4.91 Å². The highest BCUT2D eigenvalue weighted by molar-refractivity contribution is 9.10. The van der Waals surface area contributed by atoms with Crippen LogP contribution in [0.25, 0.3) is 6.08 Å². The SMILES string of the molecule is N#C/C(=C\c1ccc(Br)cc1)Sc1ccc(Br)cc1. The molecule has 0 saturated carbocycles. The summed E-state index contributed by atoms with van der Waals surface area (Å²) in [6, 6.07) is 18.0. The number of halogens is 2. The van der Waals surface area contributed by atoms with Gasteiger partial charge in [0.25, 0.3) is 0 Å². The molecule has 0 atom stereocenters. The second-order valence-corrected chi connectivity index (χ2v) is 6.67. The van der Waals surface area contributed by atoms with Gasteiger partial charge in [0.2, 0.25) is 0 Å². The zero-order valence-corrected chi connectivity index (χ0v) is 13.8. The van der Waals surface area contributed by atoms with Gasteiger partial charge in [-0.1, -0.05) is 55.8 Å². The molecule has 0 fully saturated rings. The van der Waals surface area contributed by atoms with Gasteiger partial charge in [0.15, 0.2) is 0 Å². The molecule has 4 heteroatoms. The highest BCUT2D eigenvalue weighted by Crippen LogP contribution is 2.29. The van der Waals surface area contributed by atoms with Crippen molar-refractivity contribution >= 4 is 49.7 Å². The van der Waals surface area contributed by atoms with Gasteiger partial charge in [0, 0.05) is 13.8 Å². The lowest BCUT2D eigenvalue weighted by Gasteiger charge is -2.00. The number of hydrogen-bond acceptors (Lipinski definition) is 2. The first-order chi connectivity index (χ1) is 9.17. The van der Waals surface area contributed by atoms with Crippen LogP contribution in [-0.2, 0) is 0 Å². The summed E-state index contributed by atoms with van der Waals surface area (Å²) >= 11 is 8.25. The van der Waals surface area contributed by atoms with Crippen LogP contribution in [-0.4, -0.2) is 0 Å². The maximum atomic E-state index is 9.20. The topological polar surface area (TPSA) is 23.8 Å². The van der Waals surface area contributed by atoms with Crippen LogP contribution in [0.2, 0.25) is 0 Å². The Kier molecular flexibility index (Phi) is 5.26. The van der Waals surface area contributed by atoms with Crippen LogP contribution in [0, 0.1) is 11.3 Å². The molecule has 0 aliphatic heterocycles. The minimum atomic E-state index is 0.671. The third kappa shape index (κ3) is 4.54. The summed E-state index contributed by atoms with van der Waals surface area (Å²) in [7, 11) is 0. The van der Waals surface area contributed by atoms with Crippen molar-refractivity contribution in [1.29, 1.82) is 5.26 Å². The summed E-state index contributed by atoms with van der Waals surface area (Å²) in [5, 5.41) is 9.20. The molecule has 0 N–H and O–H groups in total. The highest BCUT2D eigenvalue weighted by atomic mass is 79.9. The molecule has 2 aromatic rings. The number of nitriles is 1. The standard InChI is InChI=1S/C15H9Br2NS/c16-12-3-1-11(2-4-12)9-15(10-18)19-14-7-5-13(17)6-8-14/h1-9H/b15-9+. The first-order valence-electron chi connectivity index (χ1n) is 5.48. The summed E-state index contributed by atoms with van der Waals surface area (Å²) in [4.78, 5) is 1.72. The van der Waals surface area contributed by atoms with Gasteiger partial charge >= 0.3 is 0 Å². The molecule has 2 aromatic carbocycles. The smallest absolute Gasteiger partial charge is 0.106 e. The van der Waals surface area contributed by atoms with Crippen molar-refractivity contribution in [2.75, 3.05) is 0 Å². The Bertz CT molecular complexity index is 625. The van der Waals surface area contributed by atoms with Gasteiger partial charge in [0.1, 0.15) is 6.07 Å². The van der Waals surface area contributed by atoms with E-state index >= 15 is 0 Å². The number of nitrogens with zero attached hydrogens (tertiary/aromatic N) is 1. The molecule has 0 radical (unpaired) electrons. The largest absolute Gasteiger partial charge is 0.192 e. The van der Waals surface area contributed by atoms with E-state index in [1.165, 1.54) is 11.8 Å². The van der Waals surface area contributed by atoms with Crippen LogP contribution in [0.3, 0.4) is 0 Å². The Balaban J connectivity index is 2.18. The van der Waals surface area contributed by atoms with Crippen LogP contribution in [0.15, 0.2) is 67.3 Å². The van der Waals surface area contributed by atoms with Gasteiger partial charge < -0.3 is 0 Å². The summed E-state index contributed by atoms with van der Waals surface area (Å²) in [6.07, 6.45) is 1.89. The minimum Gasteiger partial charge on any atom is -0.192 e. The van der Waals surface area contributed by atoms with E-state index in [4.69, 9.17) is 0 Å². The van der Waals surface area contributed by atoms with E-state index in [-0.39, 0.29) is 0 Å². The van der Waals surface area contributed by atoms with Crippen molar-refractivity contribution in [3.05, 3.63) is 67.9 Å². The molecule has 2 rings (SSSR count). The van der Waals surface area contributed by atoms with Crippen LogP contribution < -0.4 is 0 Å². The van der Waals surface area contributed by atoms with E-state index in [2.05, 4.69) is 37.9 Å². The second kappa shape index (κ2) is 6.95. The van der Waals surface area contributed by atoms with E-state index in [0.29, 0.717) is 4.91 Å². The number of rotatable bonds is 3. The first kappa shape index (κ1) is 14.4. The number of thioether (sulfide) groups is 1. The van der Waals surface area contributed by atoms with Crippen LogP contribution in [0.5, 0.6) is 0 Å². The van der Waals surface area contributed by atoms with Crippen molar-refractivity contribution in [2.45, 2.75) is 4.90 Å². The molecule has 0 spiro atoms. The number of allylic oxidation sites excluding steroid dienone is 1. The lowest BCUT2D eigenvalue weighted by molar-refractivity contribution is 1.44. The maximum absolute atomic E-state index is 9.20. The predicted octanol–water partition coefficient (Wildman–Crippen LogP) is 5.87. The first-order valence-corrected chi connectivity index (χ1v) is 7.88. The fraction of sp³-hybridized carbons (Fsp3) is 0. The highest BCUT2D eigenvalue weighted by Gasteiger charge is 2.01. The molecule has 0 bridgehead atoms.